The second-order valence-electron chi connectivity index (χ2n) is 4.29. The van der Waals surface area contributed by atoms with Gasteiger partial charge in [-0.3, -0.25) is 19.7 Å². The van der Waals surface area contributed by atoms with Gasteiger partial charge in [-0.2, -0.15) is 0 Å². The average Bonchev–Trinajstić information content (AvgIpc) is 2.46. The van der Waals surface area contributed by atoms with Crippen LogP contribution in [0.5, 0.6) is 0 Å². The van der Waals surface area contributed by atoms with Gasteiger partial charge in [0.1, 0.15) is 0 Å². The Labute approximate surface area is 125 Å². The van der Waals surface area contributed by atoms with E-state index < -0.39 is 17.8 Å². The van der Waals surface area contributed by atoms with Gasteiger partial charge in [0, 0.05) is 5.56 Å². The maximum absolute atomic E-state index is 12.1. The summed E-state index contributed by atoms with van der Waals surface area (Å²) in [6.07, 6.45) is 0. The lowest BCUT2D eigenvalue weighted by Crippen LogP contribution is -2.32. The van der Waals surface area contributed by atoms with E-state index in [0.717, 1.165) is 22.5 Å². The van der Waals surface area contributed by atoms with Gasteiger partial charge in [0.15, 0.2) is 0 Å². The first-order valence-electron chi connectivity index (χ1n) is 6.19. The Morgan fingerprint density at radius 2 is 1.71 bits per heavy atom. The van der Waals surface area contributed by atoms with Crippen LogP contribution in [-0.2, 0) is 9.59 Å². The molecule has 0 saturated carbocycles. The molecule has 2 aromatic carbocycles. The number of fused-ring (bicyclic) bond motifs is 1. The summed E-state index contributed by atoms with van der Waals surface area (Å²) in [5, 5.41) is 12.4. The minimum atomic E-state index is -0.992. The number of amides is 2. The van der Waals surface area contributed by atoms with E-state index in [1.807, 2.05) is 30.3 Å². The fraction of sp³-hybridized carbons (Fsp3) is 0.133. The van der Waals surface area contributed by atoms with Gasteiger partial charge in [0.2, 0.25) is 5.91 Å². The highest BCUT2D eigenvalue weighted by Crippen LogP contribution is 2.18. The average molecular weight is 303 g/mol. The van der Waals surface area contributed by atoms with Crippen LogP contribution >= 0.6 is 11.8 Å². The van der Waals surface area contributed by atoms with Crippen molar-refractivity contribution in [1.82, 2.24) is 5.32 Å². The summed E-state index contributed by atoms with van der Waals surface area (Å²) >= 11 is 0.946. The van der Waals surface area contributed by atoms with E-state index in [0.29, 0.717) is 5.56 Å². The van der Waals surface area contributed by atoms with Crippen molar-refractivity contribution in [3.05, 3.63) is 48.0 Å². The molecular weight excluding hydrogens is 290 g/mol. The summed E-state index contributed by atoms with van der Waals surface area (Å²) < 4.78 is 0. The second-order valence-corrected chi connectivity index (χ2v) is 5.28. The Kier molecular flexibility index (Phi) is 4.94. The summed E-state index contributed by atoms with van der Waals surface area (Å²) in [4.78, 5) is 34.1. The molecule has 0 aliphatic carbocycles. The van der Waals surface area contributed by atoms with Crippen molar-refractivity contribution in [1.29, 1.82) is 0 Å². The van der Waals surface area contributed by atoms with Gasteiger partial charge in [-0.25, -0.2) is 0 Å². The molecule has 0 fully saturated rings. The van der Waals surface area contributed by atoms with Crippen molar-refractivity contribution in [2.45, 2.75) is 0 Å². The number of hydrogen-bond acceptors (Lipinski definition) is 4. The molecule has 6 heteroatoms. The molecule has 108 valence electrons. The number of carbonyl (C=O) groups excluding carboxylic acids is 2. The van der Waals surface area contributed by atoms with Crippen LogP contribution in [0.3, 0.4) is 0 Å². The third-order valence-corrected chi connectivity index (χ3v) is 3.66. The monoisotopic (exact) mass is 303 g/mol. The lowest BCUT2D eigenvalue weighted by Gasteiger charge is -2.07. The molecule has 0 atom stereocenters. The number of benzene rings is 2. The largest absolute Gasteiger partial charge is 0.481 e. The SMILES string of the molecule is O=C(O)CSCC(=O)NC(=O)c1cccc2ccccc12. The van der Waals surface area contributed by atoms with Crippen LogP contribution in [0, 0.1) is 0 Å². The van der Waals surface area contributed by atoms with Crippen LogP contribution in [0.15, 0.2) is 42.5 Å². The molecule has 0 aromatic heterocycles. The molecule has 0 radical (unpaired) electrons. The zero-order valence-electron chi connectivity index (χ0n) is 11.0. The van der Waals surface area contributed by atoms with Crippen LogP contribution < -0.4 is 5.32 Å². The molecule has 2 rings (SSSR count). The number of thioether (sulfide) groups is 1. The summed E-state index contributed by atoms with van der Waals surface area (Å²) in [6, 6.07) is 12.7. The number of imide groups is 1. The molecule has 0 aliphatic heterocycles. The molecule has 2 aromatic rings. The fourth-order valence-electron chi connectivity index (χ4n) is 1.88. The van der Waals surface area contributed by atoms with Crippen molar-refractivity contribution >= 4 is 40.3 Å². The molecule has 0 aliphatic rings. The number of carboxylic acids is 1. The van der Waals surface area contributed by atoms with Crippen LogP contribution in [0.2, 0.25) is 0 Å². The number of hydrogen-bond donors (Lipinski definition) is 2. The normalized spacial score (nSPS) is 10.3. The summed E-state index contributed by atoms with van der Waals surface area (Å²) in [7, 11) is 0. The van der Waals surface area contributed by atoms with Crippen LogP contribution in [0.25, 0.3) is 10.8 Å². The highest BCUT2D eigenvalue weighted by Gasteiger charge is 2.13. The van der Waals surface area contributed by atoms with Gasteiger partial charge in [0.25, 0.3) is 5.91 Å². The van der Waals surface area contributed by atoms with Crippen LogP contribution in [0.1, 0.15) is 10.4 Å². The first kappa shape index (κ1) is 15.1. The van der Waals surface area contributed by atoms with E-state index >= 15 is 0 Å². The molecule has 0 unspecified atom stereocenters. The zero-order chi connectivity index (χ0) is 15.2. The minimum absolute atomic E-state index is 0.0667. The number of aliphatic carboxylic acids is 1. The Morgan fingerprint density at radius 1 is 1.00 bits per heavy atom. The van der Waals surface area contributed by atoms with E-state index in [2.05, 4.69) is 5.32 Å². The number of carboxylic acid groups (broad SMARTS) is 1. The molecule has 5 nitrogen and oxygen atoms in total. The zero-order valence-corrected chi connectivity index (χ0v) is 11.9. The minimum Gasteiger partial charge on any atom is -0.481 e. The van der Waals surface area contributed by atoms with E-state index in [4.69, 9.17) is 5.11 Å². The predicted molar refractivity (Wildman–Crippen MR) is 81.4 cm³/mol. The van der Waals surface area contributed by atoms with E-state index in [1.54, 1.807) is 12.1 Å². The molecule has 0 spiro atoms. The van der Waals surface area contributed by atoms with Crippen molar-refractivity contribution in [2.75, 3.05) is 11.5 Å². The van der Waals surface area contributed by atoms with Crippen LogP contribution in [0.4, 0.5) is 0 Å². The second kappa shape index (κ2) is 6.90. The Hall–Kier alpha value is -2.34. The van der Waals surface area contributed by atoms with E-state index in [-0.39, 0.29) is 11.5 Å². The molecular formula is C15H13NO4S. The predicted octanol–water partition coefficient (Wildman–Crippen LogP) is 1.91. The van der Waals surface area contributed by atoms with Gasteiger partial charge in [-0.1, -0.05) is 36.4 Å². The van der Waals surface area contributed by atoms with Gasteiger partial charge in [-0.15, -0.1) is 11.8 Å². The maximum Gasteiger partial charge on any atom is 0.313 e. The third-order valence-electron chi connectivity index (χ3n) is 2.75. The third kappa shape index (κ3) is 4.06. The lowest BCUT2D eigenvalue weighted by atomic mass is 10.0. The fourth-order valence-corrected chi connectivity index (χ4v) is 2.42. The number of carbonyl (C=O) groups is 3. The molecule has 21 heavy (non-hydrogen) atoms. The summed E-state index contributed by atoms with van der Waals surface area (Å²) in [5.74, 6) is -2.21. The highest BCUT2D eigenvalue weighted by atomic mass is 32.2. The first-order chi connectivity index (χ1) is 10.1. The Morgan fingerprint density at radius 3 is 2.48 bits per heavy atom. The number of nitrogens with one attached hydrogen (secondary N) is 1. The highest BCUT2D eigenvalue weighted by molar-refractivity contribution is 8.00. The van der Waals surface area contributed by atoms with Crippen molar-refractivity contribution < 1.29 is 19.5 Å². The molecule has 2 amide bonds. The number of rotatable bonds is 5. The van der Waals surface area contributed by atoms with E-state index in [9.17, 15) is 14.4 Å². The van der Waals surface area contributed by atoms with Gasteiger partial charge in [-0.05, 0) is 16.8 Å². The first-order valence-corrected chi connectivity index (χ1v) is 7.35. The standard InChI is InChI=1S/C15H13NO4S/c17-13(8-21-9-14(18)19)16-15(20)12-7-3-5-10-4-1-2-6-11(10)12/h1-7H,8-9H2,(H,18,19)(H,16,17,20). The summed E-state index contributed by atoms with van der Waals surface area (Å²) in [6.45, 7) is 0. The molecule has 0 bridgehead atoms. The molecule has 2 N–H and O–H groups in total. The Balaban J connectivity index is 2.05. The van der Waals surface area contributed by atoms with Gasteiger partial charge in [0.05, 0.1) is 11.5 Å². The summed E-state index contributed by atoms with van der Waals surface area (Å²) in [5.41, 5.74) is 0.421. The van der Waals surface area contributed by atoms with Gasteiger partial charge < -0.3 is 5.11 Å². The van der Waals surface area contributed by atoms with Crippen molar-refractivity contribution in [2.24, 2.45) is 0 Å². The topological polar surface area (TPSA) is 83.5 Å². The van der Waals surface area contributed by atoms with Gasteiger partial charge >= 0.3 is 5.97 Å². The smallest absolute Gasteiger partial charge is 0.313 e. The van der Waals surface area contributed by atoms with Crippen molar-refractivity contribution in [3.63, 3.8) is 0 Å². The van der Waals surface area contributed by atoms with Crippen LogP contribution in [-0.4, -0.2) is 34.4 Å². The Bertz CT molecular complexity index is 694. The lowest BCUT2D eigenvalue weighted by molar-refractivity contribution is -0.133. The molecule has 0 saturated heterocycles. The molecule has 0 heterocycles. The van der Waals surface area contributed by atoms with Crippen molar-refractivity contribution in [3.8, 4) is 0 Å². The van der Waals surface area contributed by atoms with E-state index in [1.165, 1.54) is 0 Å². The quantitative estimate of drug-likeness (QED) is 0.881. The maximum atomic E-state index is 12.1.